The standard InChI is InChI=1S/C24H21ClN4O/c1-16-8-11-20(12-9-16)29(17(2)30)28-23-21-15-19(14-18-6-4-3-5-7-18)10-13-22(21)26-24(25)27-23/h3-13,15,30H,2,14H2,1H3,(H,26,27,28). The van der Waals surface area contributed by atoms with Crippen LogP contribution in [0.3, 0.4) is 0 Å². The minimum atomic E-state index is -0.165. The van der Waals surface area contributed by atoms with Crippen molar-refractivity contribution in [3.8, 4) is 0 Å². The molecule has 0 aliphatic heterocycles. The summed E-state index contributed by atoms with van der Waals surface area (Å²) in [4.78, 5) is 8.70. The van der Waals surface area contributed by atoms with E-state index in [0.717, 1.165) is 28.6 Å². The summed E-state index contributed by atoms with van der Waals surface area (Å²) >= 11 is 6.16. The van der Waals surface area contributed by atoms with E-state index in [0.29, 0.717) is 11.3 Å². The average molecular weight is 417 g/mol. The molecule has 0 saturated carbocycles. The number of nitrogens with one attached hydrogen (secondary N) is 1. The highest BCUT2D eigenvalue weighted by Crippen LogP contribution is 2.27. The van der Waals surface area contributed by atoms with Crippen LogP contribution in [0.4, 0.5) is 11.5 Å². The van der Waals surface area contributed by atoms with Crippen molar-refractivity contribution < 1.29 is 5.11 Å². The Hall–Kier alpha value is -3.57. The molecule has 0 radical (unpaired) electrons. The Morgan fingerprint density at radius 2 is 1.73 bits per heavy atom. The van der Waals surface area contributed by atoms with Crippen LogP contribution in [-0.4, -0.2) is 15.1 Å². The van der Waals surface area contributed by atoms with E-state index in [1.165, 1.54) is 10.6 Å². The Kier molecular flexibility index (Phi) is 5.55. The van der Waals surface area contributed by atoms with Crippen molar-refractivity contribution in [2.45, 2.75) is 13.3 Å². The number of aryl methyl sites for hydroxylation is 1. The molecule has 0 fully saturated rings. The summed E-state index contributed by atoms with van der Waals surface area (Å²) in [5.41, 5.74) is 8.01. The molecule has 0 amide bonds. The third kappa shape index (κ3) is 4.36. The van der Waals surface area contributed by atoms with E-state index in [-0.39, 0.29) is 11.2 Å². The molecule has 6 heteroatoms. The largest absolute Gasteiger partial charge is 0.494 e. The Morgan fingerprint density at radius 3 is 2.43 bits per heavy atom. The molecular weight excluding hydrogens is 396 g/mol. The number of anilines is 2. The van der Waals surface area contributed by atoms with Crippen LogP contribution in [0.1, 0.15) is 16.7 Å². The molecule has 1 heterocycles. The Bertz CT molecular complexity index is 1190. The van der Waals surface area contributed by atoms with Gasteiger partial charge in [0, 0.05) is 5.39 Å². The van der Waals surface area contributed by atoms with Crippen LogP contribution in [0.5, 0.6) is 0 Å². The number of rotatable bonds is 6. The van der Waals surface area contributed by atoms with Crippen LogP contribution in [-0.2, 0) is 6.42 Å². The number of benzene rings is 3. The van der Waals surface area contributed by atoms with Gasteiger partial charge in [-0.05, 0) is 66.9 Å². The van der Waals surface area contributed by atoms with Crippen molar-refractivity contribution in [1.29, 1.82) is 0 Å². The second-order valence-corrected chi connectivity index (χ2v) is 7.39. The molecule has 0 aliphatic carbocycles. The SMILES string of the molecule is C=C(O)N(Nc1nc(Cl)nc2ccc(Cc3ccccc3)cc12)c1ccc(C)cc1. The highest BCUT2D eigenvalue weighted by Gasteiger charge is 2.14. The first kappa shape index (κ1) is 19.7. The minimum absolute atomic E-state index is 0.119. The normalized spacial score (nSPS) is 10.7. The zero-order valence-corrected chi connectivity index (χ0v) is 17.3. The summed E-state index contributed by atoms with van der Waals surface area (Å²) in [6, 6.07) is 23.9. The lowest BCUT2D eigenvalue weighted by Gasteiger charge is -2.25. The summed E-state index contributed by atoms with van der Waals surface area (Å²) in [5.74, 6) is 0.317. The van der Waals surface area contributed by atoms with Gasteiger partial charge in [-0.3, -0.25) is 5.43 Å². The van der Waals surface area contributed by atoms with E-state index >= 15 is 0 Å². The lowest BCUT2D eigenvalue weighted by molar-refractivity contribution is 0.399. The second kappa shape index (κ2) is 8.43. The molecule has 5 nitrogen and oxygen atoms in total. The molecule has 30 heavy (non-hydrogen) atoms. The van der Waals surface area contributed by atoms with Crippen molar-refractivity contribution in [2.24, 2.45) is 0 Å². The molecule has 0 bridgehead atoms. The van der Waals surface area contributed by atoms with Gasteiger partial charge in [0.1, 0.15) is 0 Å². The summed E-state index contributed by atoms with van der Waals surface area (Å²) < 4.78 is 0. The first-order chi connectivity index (χ1) is 14.5. The van der Waals surface area contributed by atoms with Crippen LogP contribution in [0.25, 0.3) is 10.9 Å². The average Bonchev–Trinajstić information content (AvgIpc) is 2.73. The third-order valence-corrected chi connectivity index (χ3v) is 4.92. The molecule has 0 saturated heterocycles. The topological polar surface area (TPSA) is 61.3 Å². The second-order valence-electron chi connectivity index (χ2n) is 7.05. The summed E-state index contributed by atoms with van der Waals surface area (Å²) in [7, 11) is 0. The van der Waals surface area contributed by atoms with E-state index in [2.05, 4.69) is 34.1 Å². The lowest BCUT2D eigenvalue weighted by Crippen LogP contribution is -2.29. The molecule has 4 rings (SSSR count). The molecule has 0 spiro atoms. The number of aliphatic hydroxyl groups excluding tert-OH is 1. The first-order valence-electron chi connectivity index (χ1n) is 9.51. The van der Waals surface area contributed by atoms with Gasteiger partial charge in [-0.1, -0.05) is 54.1 Å². The van der Waals surface area contributed by atoms with Crippen molar-refractivity contribution in [1.82, 2.24) is 9.97 Å². The van der Waals surface area contributed by atoms with Crippen LogP contribution in [0.2, 0.25) is 5.28 Å². The molecule has 150 valence electrons. The van der Waals surface area contributed by atoms with Gasteiger partial charge >= 0.3 is 0 Å². The smallest absolute Gasteiger partial charge is 0.224 e. The van der Waals surface area contributed by atoms with Crippen LogP contribution in [0.15, 0.2) is 85.3 Å². The zero-order chi connectivity index (χ0) is 21.1. The monoisotopic (exact) mass is 416 g/mol. The number of aromatic nitrogens is 2. The van der Waals surface area contributed by atoms with E-state index in [1.807, 2.05) is 67.6 Å². The molecule has 0 atom stereocenters. The van der Waals surface area contributed by atoms with Crippen molar-refractivity contribution in [3.63, 3.8) is 0 Å². The maximum absolute atomic E-state index is 10.2. The van der Waals surface area contributed by atoms with Crippen molar-refractivity contribution in [3.05, 3.63) is 107 Å². The lowest BCUT2D eigenvalue weighted by atomic mass is 10.0. The fourth-order valence-corrected chi connectivity index (χ4v) is 3.43. The zero-order valence-electron chi connectivity index (χ0n) is 16.5. The number of hydrogen-bond acceptors (Lipinski definition) is 5. The van der Waals surface area contributed by atoms with Crippen LogP contribution in [0, 0.1) is 6.92 Å². The molecule has 1 aromatic heterocycles. The number of fused-ring (bicyclic) bond motifs is 1. The van der Waals surface area contributed by atoms with Crippen LogP contribution < -0.4 is 10.4 Å². The minimum Gasteiger partial charge on any atom is -0.494 e. The summed E-state index contributed by atoms with van der Waals surface area (Å²) in [6.45, 7) is 5.67. The van der Waals surface area contributed by atoms with E-state index in [4.69, 9.17) is 11.6 Å². The highest BCUT2D eigenvalue weighted by molar-refractivity contribution is 6.28. The van der Waals surface area contributed by atoms with Gasteiger partial charge in [0.15, 0.2) is 5.82 Å². The van der Waals surface area contributed by atoms with Crippen LogP contribution >= 0.6 is 11.6 Å². The number of hydrazine groups is 1. The number of nitrogens with zero attached hydrogens (tertiary/aromatic N) is 3. The quantitative estimate of drug-likeness (QED) is 0.228. The van der Waals surface area contributed by atoms with E-state index in [9.17, 15) is 5.11 Å². The predicted molar refractivity (Wildman–Crippen MR) is 123 cm³/mol. The fourth-order valence-electron chi connectivity index (χ4n) is 3.25. The molecule has 0 aliphatic rings. The maximum atomic E-state index is 10.2. The molecule has 4 aromatic rings. The Morgan fingerprint density at radius 1 is 1.00 bits per heavy atom. The van der Waals surface area contributed by atoms with E-state index < -0.39 is 0 Å². The fraction of sp³-hybridized carbons (Fsp3) is 0.0833. The molecule has 2 N–H and O–H groups in total. The first-order valence-corrected chi connectivity index (χ1v) is 9.89. The summed E-state index contributed by atoms with van der Waals surface area (Å²) in [5, 5.41) is 12.6. The maximum Gasteiger partial charge on any atom is 0.224 e. The molecule has 0 unspecified atom stereocenters. The molecule has 3 aromatic carbocycles. The van der Waals surface area contributed by atoms with Crippen molar-refractivity contribution >= 4 is 34.0 Å². The van der Waals surface area contributed by atoms with Gasteiger partial charge in [0.25, 0.3) is 0 Å². The number of halogens is 1. The molecular formula is C24H21ClN4O. The van der Waals surface area contributed by atoms with Gasteiger partial charge in [-0.15, -0.1) is 0 Å². The highest BCUT2D eigenvalue weighted by atomic mass is 35.5. The van der Waals surface area contributed by atoms with Gasteiger partial charge < -0.3 is 5.11 Å². The predicted octanol–water partition coefficient (Wildman–Crippen LogP) is 6.05. The third-order valence-electron chi connectivity index (χ3n) is 4.75. The Balaban J connectivity index is 1.73. The van der Waals surface area contributed by atoms with Gasteiger partial charge in [-0.25, -0.2) is 9.99 Å². The number of aliphatic hydroxyl groups is 1. The van der Waals surface area contributed by atoms with Gasteiger partial charge in [-0.2, -0.15) is 4.98 Å². The Labute approximate surface area is 180 Å². The van der Waals surface area contributed by atoms with Gasteiger partial charge in [0.05, 0.1) is 11.2 Å². The van der Waals surface area contributed by atoms with Crippen molar-refractivity contribution in [2.75, 3.05) is 10.4 Å². The number of hydrogen-bond donors (Lipinski definition) is 2. The van der Waals surface area contributed by atoms with Gasteiger partial charge in [0.2, 0.25) is 11.2 Å². The van der Waals surface area contributed by atoms with E-state index in [1.54, 1.807) is 0 Å². The summed E-state index contributed by atoms with van der Waals surface area (Å²) in [6.07, 6.45) is 0.785.